The first-order chi connectivity index (χ1) is 10.6. The molecular formula is C15H19N5O2. The van der Waals surface area contributed by atoms with Crippen LogP contribution in [0.1, 0.15) is 31.6 Å². The highest BCUT2D eigenvalue weighted by atomic mass is 16.5. The standard InChI is InChI=1S/C15H19N5O2/c1-5-13-18-14(22-19-13)9(2)16-10-6-7-12-11(8-10)17-15(21-12)20(3)4/h6-9,16H,5H2,1-4H3/t9-/m0/s1. The summed E-state index contributed by atoms with van der Waals surface area (Å²) in [7, 11) is 3.79. The van der Waals surface area contributed by atoms with E-state index in [2.05, 4.69) is 20.4 Å². The maximum Gasteiger partial charge on any atom is 0.297 e. The van der Waals surface area contributed by atoms with Gasteiger partial charge in [0, 0.05) is 26.2 Å². The fourth-order valence-electron chi connectivity index (χ4n) is 2.10. The highest BCUT2D eigenvalue weighted by Gasteiger charge is 2.14. The van der Waals surface area contributed by atoms with E-state index >= 15 is 0 Å². The molecule has 0 bridgehead atoms. The fourth-order valence-corrected chi connectivity index (χ4v) is 2.10. The molecule has 0 aliphatic heterocycles. The van der Waals surface area contributed by atoms with Crippen LogP contribution < -0.4 is 10.2 Å². The third kappa shape index (κ3) is 2.74. The van der Waals surface area contributed by atoms with Gasteiger partial charge < -0.3 is 19.2 Å². The lowest BCUT2D eigenvalue weighted by molar-refractivity contribution is 0.363. The van der Waals surface area contributed by atoms with Crippen LogP contribution in [0.3, 0.4) is 0 Å². The average molecular weight is 301 g/mol. The zero-order valence-corrected chi connectivity index (χ0v) is 13.1. The van der Waals surface area contributed by atoms with Gasteiger partial charge in [-0.2, -0.15) is 9.97 Å². The van der Waals surface area contributed by atoms with Gasteiger partial charge in [-0.3, -0.25) is 0 Å². The molecule has 3 rings (SSSR count). The van der Waals surface area contributed by atoms with Crippen LogP contribution in [0.25, 0.3) is 11.1 Å². The Bertz CT molecular complexity index is 777. The quantitative estimate of drug-likeness (QED) is 0.775. The zero-order chi connectivity index (χ0) is 15.7. The smallest absolute Gasteiger partial charge is 0.297 e. The lowest BCUT2D eigenvalue weighted by atomic mass is 10.2. The molecule has 0 aliphatic carbocycles. The molecule has 0 spiro atoms. The molecule has 3 aromatic rings. The summed E-state index contributed by atoms with van der Waals surface area (Å²) in [6.45, 7) is 3.97. The van der Waals surface area contributed by atoms with Crippen molar-refractivity contribution in [2.45, 2.75) is 26.3 Å². The first kappa shape index (κ1) is 14.4. The third-order valence-electron chi connectivity index (χ3n) is 3.31. The molecule has 0 amide bonds. The van der Waals surface area contributed by atoms with Gasteiger partial charge in [-0.05, 0) is 25.1 Å². The fraction of sp³-hybridized carbons (Fsp3) is 0.400. The molecule has 0 aliphatic rings. The first-order valence-electron chi connectivity index (χ1n) is 7.23. The number of anilines is 2. The molecule has 1 atom stereocenters. The van der Waals surface area contributed by atoms with E-state index in [-0.39, 0.29) is 6.04 Å². The van der Waals surface area contributed by atoms with Crippen LogP contribution in [-0.4, -0.2) is 29.2 Å². The maximum absolute atomic E-state index is 5.64. The van der Waals surface area contributed by atoms with E-state index < -0.39 is 0 Å². The summed E-state index contributed by atoms with van der Waals surface area (Å²) in [5.74, 6) is 1.29. The van der Waals surface area contributed by atoms with Crippen LogP contribution in [0.2, 0.25) is 0 Å². The van der Waals surface area contributed by atoms with E-state index in [0.29, 0.717) is 17.7 Å². The predicted octanol–water partition coefficient (Wildman–Crippen LogP) is 3.01. The SMILES string of the molecule is CCc1noc([C@H](C)Nc2ccc3oc(N(C)C)nc3c2)n1. The average Bonchev–Trinajstić information content (AvgIpc) is 3.13. The number of hydrogen-bond acceptors (Lipinski definition) is 7. The Kier molecular flexibility index (Phi) is 3.70. The number of benzene rings is 1. The van der Waals surface area contributed by atoms with E-state index in [1.807, 2.05) is 51.0 Å². The van der Waals surface area contributed by atoms with Crippen LogP contribution >= 0.6 is 0 Å². The minimum Gasteiger partial charge on any atom is -0.423 e. The molecule has 7 nitrogen and oxygen atoms in total. The zero-order valence-electron chi connectivity index (χ0n) is 13.1. The van der Waals surface area contributed by atoms with Crippen molar-refractivity contribution in [1.82, 2.24) is 15.1 Å². The van der Waals surface area contributed by atoms with Gasteiger partial charge in [0.25, 0.3) is 6.01 Å². The van der Waals surface area contributed by atoms with Crippen molar-refractivity contribution in [3.63, 3.8) is 0 Å². The van der Waals surface area contributed by atoms with Crippen LogP contribution in [0.15, 0.2) is 27.1 Å². The van der Waals surface area contributed by atoms with Gasteiger partial charge in [0.1, 0.15) is 11.6 Å². The van der Waals surface area contributed by atoms with Crippen molar-refractivity contribution >= 4 is 22.8 Å². The minimum absolute atomic E-state index is 0.0783. The van der Waals surface area contributed by atoms with Gasteiger partial charge in [0.05, 0.1) is 0 Å². The van der Waals surface area contributed by atoms with E-state index in [4.69, 9.17) is 8.94 Å². The lowest BCUT2D eigenvalue weighted by Gasteiger charge is -2.10. The molecule has 116 valence electrons. The number of fused-ring (bicyclic) bond motifs is 1. The van der Waals surface area contributed by atoms with Crippen LogP contribution in [0.5, 0.6) is 0 Å². The Morgan fingerprint density at radius 2 is 2.09 bits per heavy atom. The molecular weight excluding hydrogens is 282 g/mol. The van der Waals surface area contributed by atoms with Crippen molar-refractivity contribution in [2.75, 3.05) is 24.3 Å². The summed E-state index contributed by atoms with van der Waals surface area (Å²) in [6, 6.07) is 6.30. The minimum atomic E-state index is -0.0783. The van der Waals surface area contributed by atoms with Gasteiger partial charge in [0.15, 0.2) is 11.4 Å². The number of aromatic nitrogens is 3. The van der Waals surface area contributed by atoms with Gasteiger partial charge in [0.2, 0.25) is 5.89 Å². The van der Waals surface area contributed by atoms with E-state index in [1.165, 1.54) is 0 Å². The van der Waals surface area contributed by atoms with Crippen molar-refractivity contribution in [1.29, 1.82) is 0 Å². The molecule has 22 heavy (non-hydrogen) atoms. The van der Waals surface area contributed by atoms with Gasteiger partial charge >= 0.3 is 0 Å². The molecule has 1 aromatic carbocycles. The number of oxazole rings is 1. The Balaban J connectivity index is 1.80. The second-order valence-corrected chi connectivity index (χ2v) is 5.34. The summed E-state index contributed by atoms with van der Waals surface area (Å²) in [5.41, 5.74) is 2.49. The van der Waals surface area contributed by atoms with Crippen molar-refractivity contribution in [3.8, 4) is 0 Å². The van der Waals surface area contributed by atoms with E-state index in [9.17, 15) is 0 Å². The van der Waals surface area contributed by atoms with Gasteiger partial charge in [-0.25, -0.2) is 0 Å². The largest absolute Gasteiger partial charge is 0.423 e. The number of hydrogen-bond donors (Lipinski definition) is 1. The number of aryl methyl sites for hydroxylation is 1. The van der Waals surface area contributed by atoms with Crippen molar-refractivity contribution in [2.24, 2.45) is 0 Å². The van der Waals surface area contributed by atoms with E-state index in [0.717, 1.165) is 23.2 Å². The summed E-state index contributed by atoms with van der Waals surface area (Å²) < 4.78 is 10.9. The Morgan fingerprint density at radius 1 is 1.27 bits per heavy atom. The summed E-state index contributed by atoms with van der Waals surface area (Å²) in [6.07, 6.45) is 0.758. The first-order valence-corrected chi connectivity index (χ1v) is 7.23. The molecule has 0 radical (unpaired) electrons. The maximum atomic E-state index is 5.64. The third-order valence-corrected chi connectivity index (χ3v) is 3.31. The Hall–Kier alpha value is -2.57. The molecule has 0 fully saturated rings. The van der Waals surface area contributed by atoms with Crippen LogP contribution in [0, 0.1) is 0 Å². The number of rotatable bonds is 5. The molecule has 0 saturated carbocycles. The van der Waals surface area contributed by atoms with Gasteiger partial charge in [-0.15, -0.1) is 0 Å². The van der Waals surface area contributed by atoms with Crippen LogP contribution in [-0.2, 0) is 6.42 Å². The Morgan fingerprint density at radius 3 is 2.77 bits per heavy atom. The second kappa shape index (κ2) is 5.67. The second-order valence-electron chi connectivity index (χ2n) is 5.34. The predicted molar refractivity (Wildman–Crippen MR) is 84.0 cm³/mol. The number of nitrogens with zero attached hydrogens (tertiary/aromatic N) is 4. The molecule has 7 heteroatoms. The summed E-state index contributed by atoms with van der Waals surface area (Å²) in [4.78, 5) is 10.6. The summed E-state index contributed by atoms with van der Waals surface area (Å²) in [5, 5.41) is 7.25. The monoisotopic (exact) mass is 301 g/mol. The molecule has 2 heterocycles. The topological polar surface area (TPSA) is 80.2 Å². The normalized spacial score (nSPS) is 12.5. The van der Waals surface area contributed by atoms with Gasteiger partial charge in [-0.1, -0.05) is 12.1 Å². The molecule has 0 saturated heterocycles. The molecule has 2 aromatic heterocycles. The van der Waals surface area contributed by atoms with E-state index in [1.54, 1.807) is 0 Å². The summed E-state index contributed by atoms with van der Waals surface area (Å²) >= 11 is 0. The Labute approximate surface area is 128 Å². The molecule has 1 N–H and O–H groups in total. The highest BCUT2D eigenvalue weighted by molar-refractivity contribution is 5.79. The lowest BCUT2D eigenvalue weighted by Crippen LogP contribution is -2.08. The van der Waals surface area contributed by atoms with Crippen molar-refractivity contribution < 1.29 is 8.94 Å². The number of nitrogens with one attached hydrogen (secondary N) is 1. The molecule has 0 unspecified atom stereocenters. The van der Waals surface area contributed by atoms with Crippen molar-refractivity contribution in [3.05, 3.63) is 29.9 Å². The highest BCUT2D eigenvalue weighted by Crippen LogP contribution is 2.25. The van der Waals surface area contributed by atoms with Crippen LogP contribution in [0.4, 0.5) is 11.7 Å².